The first-order valence-electron chi connectivity index (χ1n) is 14.1. The molecule has 0 spiro atoms. The number of anilines is 2. The van der Waals surface area contributed by atoms with E-state index in [1.54, 1.807) is 6.20 Å². The summed E-state index contributed by atoms with van der Waals surface area (Å²) in [5.41, 5.74) is 3.79. The van der Waals surface area contributed by atoms with Gasteiger partial charge in [0.25, 0.3) is 0 Å². The van der Waals surface area contributed by atoms with Crippen LogP contribution in [0.15, 0.2) is 36.8 Å². The minimum atomic E-state index is -0.412. The number of carbonyl (C=O) groups is 3. The number of rotatable bonds is 9. The first-order chi connectivity index (χ1) is 20.8. The third kappa shape index (κ3) is 5.14. The number of imidazole rings is 1. The molecule has 2 N–H and O–H groups in total. The van der Waals surface area contributed by atoms with Crippen molar-refractivity contribution in [1.82, 2.24) is 34.4 Å². The molecule has 14 nitrogen and oxygen atoms in total. The Morgan fingerprint density at radius 1 is 1.16 bits per heavy atom. The number of nitrogens with zero attached hydrogens (tertiary/aromatic N) is 8. The summed E-state index contributed by atoms with van der Waals surface area (Å²) in [6.45, 7) is 1.45. The second-order valence-corrected chi connectivity index (χ2v) is 11.2. The number of imide groups is 1. The molecule has 3 fully saturated rings. The molecule has 43 heavy (non-hydrogen) atoms. The van der Waals surface area contributed by atoms with Gasteiger partial charge in [0.2, 0.25) is 11.8 Å². The van der Waals surface area contributed by atoms with Crippen LogP contribution in [0.25, 0.3) is 5.65 Å². The summed E-state index contributed by atoms with van der Waals surface area (Å²) in [6.07, 6.45) is 8.28. The molecule has 14 heteroatoms. The molecule has 4 amide bonds. The van der Waals surface area contributed by atoms with E-state index >= 15 is 0 Å². The predicted octanol–water partition coefficient (Wildman–Crippen LogP) is 2.31. The van der Waals surface area contributed by atoms with Crippen LogP contribution in [0, 0.1) is 12.8 Å². The summed E-state index contributed by atoms with van der Waals surface area (Å²) < 4.78 is 7.86. The van der Waals surface area contributed by atoms with Gasteiger partial charge in [-0.15, -0.1) is 10.2 Å². The monoisotopic (exact) mass is 583 g/mol. The van der Waals surface area contributed by atoms with Gasteiger partial charge in [-0.1, -0.05) is 0 Å². The van der Waals surface area contributed by atoms with E-state index < -0.39 is 12.6 Å². The summed E-state index contributed by atoms with van der Waals surface area (Å²) in [5, 5.41) is 20.7. The lowest BCUT2D eigenvalue weighted by molar-refractivity contribution is -0.124. The molecule has 2 aliphatic carbocycles. The first kappa shape index (κ1) is 26.9. The van der Waals surface area contributed by atoms with Crippen molar-refractivity contribution in [2.75, 3.05) is 23.8 Å². The van der Waals surface area contributed by atoms with Gasteiger partial charge in [0.1, 0.15) is 30.4 Å². The molecule has 2 atom stereocenters. The molecule has 5 heterocycles. The van der Waals surface area contributed by atoms with Crippen molar-refractivity contribution < 1.29 is 24.2 Å². The van der Waals surface area contributed by atoms with E-state index in [1.165, 1.54) is 18.0 Å². The van der Waals surface area contributed by atoms with Crippen LogP contribution in [-0.4, -0.2) is 71.0 Å². The van der Waals surface area contributed by atoms with Crippen molar-refractivity contribution in [2.24, 2.45) is 5.92 Å². The van der Waals surface area contributed by atoms with Gasteiger partial charge in [0.15, 0.2) is 11.5 Å². The SMILES string of the molecule is Cc1ccnc(C2CC2C(=O)Nc2cc(OCc3cn4cc(C5CC5)cc(N5CC(=O)N(C)C5=O)c4n3)c(CO)nn2)n1. The number of fused-ring (bicyclic) bond motifs is 1. The number of urea groups is 1. The Morgan fingerprint density at radius 3 is 2.72 bits per heavy atom. The highest BCUT2D eigenvalue weighted by molar-refractivity contribution is 6.13. The van der Waals surface area contributed by atoms with E-state index in [0.717, 1.165) is 29.0 Å². The molecule has 0 bridgehead atoms. The van der Waals surface area contributed by atoms with E-state index in [-0.39, 0.29) is 54.1 Å². The zero-order chi connectivity index (χ0) is 29.8. The van der Waals surface area contributed by atoms with Gasteiger partial charge < -0.3 is 19.6 Å². The van der Waals surface area contributed by atoms with Crippen molar-refractivity contribution in [2.45, 2.75) is 51.2 Å². The topological polar surface area (TPSA) is 168 Å². The first-order valence-corrected chi connectivity index (χ1v) is 14.1. The van der Waals surface area contributed by atoms with Gasteiger partial charge in [0, 0.05) is 49.2 Å². The number of ether oxygens (including phenoxy) is 1. The van der Waals surface area contributed by atoms with Crippen LogP contribution in [0.3, 0.4) is 0 Å². The lowest BCUT2D eigenvalue weighted by Gasteiger charge is -2.17. The van der Waals surface area contributed by atoms with Gasteiger partial charge in [-0.25, -0.2) is 19.7 Å². The Morgan fingerprint density at radius 2 is 2.00 bits per heavy atom. The van der Waals surface area contributed by atoms with Crippen LogP contribution in [0.5, 0.6) is 5.75 Å². The molecule has 1 saturated heterocycles. The summed E-state index contributed by atoms with van der Waals surface area (Å²) in [4.78, 5) is 53.9. The maximum Gasteiger partial charge on any atom is 0.331 e. The van der Waals surface area contributed by atoms with E-state index in [0.29, 0.717) is 35.2 Å². The summed E-state index contributed by atoms with van der Waals surface area (Å²) in [5.74, 6) is 0.702. The number of aryl methyl sites for hydroxylation is 1. The average molecular weight is 584 g/mol. The maximum atomic E-state index is 12.9. The van der Waals surface area contributed by atoms with Gasteiger partial charge >= 0.3 is 6.03 Å². The quantitative estimate of drug-likeness (QED) is 0.279. The number of pyridine rings is 1. The molecule has 0 radical (unpaired) electrons. The molecule has 0 aromatic carbocycles. The lowest BCUT2D eigenvalue weighted by atomic mass is 10.1. The summed E-state index contributed by atoms with van der Waals surface area (Å²) in [7, 11) is 1.47. The second-order valence-electron chi connectivity index (χ2n) is 11.2. The van der Waals surface area contributed by atoms with Crippen LogP contribution in [0.1, 0.15) is 59.6 Å². The number of aliphatic hydroxyl groups is 1. The lowest BCUT2D eigenvalue weighted by Crippen LogP contribution is -2.30. The average Bonchev–Trinajstić information content (AvgIpc) is 3.93. The van der Waals surface area contributed by atoms with Crippen LogP contribution in [0.4, 0.5) is 16.3 Å². The predicted molar refractivity (Wildman–Crippen MR) is 151 cm³/mol. The number of amides is 4. The minimum absolute atomic E-state index is 0.0220. The molecule has 2 unspecified atom stereocenters. The zero-order valence-corrected chi connectivity index (χ0v) is 23.6. The fourth-order valence-electron chi connectivity index (χ4n) is 5.33. The number of aromatic nitrogens is 6. The number of carbonyl (C=O) groups excluding carboxylic acids is 3. The largest absolute Gasteiger partial charge is 0.485 e. The van der Waals surface area contributed by atoms with E-state index in [9.17, 15) is 19.5 Å². The standard InChI is InChI=1S/C29H29N9O5/c1-15-5-6-30-26(31-15)19-8-20(19)28(41)33-24-9-23(21(13-39)34-35-24)43-14-18-11-37-10-17(16-3-4-16)7-22(27(37)32-18)38-12-25(40)36(2)29(38)42/h5-7,9-11,16,19-20,39H,3-4,8,12-14H2,1-2H3,(H,33,35,41). The van der Waals surface area contributed by atoms with Crippen LogP contribution >= 0.6 is 0 Å². The Balaban J connectivity index is 1.09. The minimum Gasteiger partial charge on any atom is -0.485 e. The molecule has 4 aromatic heterocycles. The highest BCUT2D eigenvalue weighted by Gasteiger charge is 2.46. The highest BCUT2D eigenvalue weighted by Crippen LogP contribution is 2.46. The zero-order valence-electron chi connectivity index (χ0n) is 23.6. The molecule has 4 aromatic rings. The van der Waals surface area contributed by atoms with Crippen molar-refractivity contribution in [3.8, 4) is 5.75 Å². The maximum absolute atomic E-state index is 12.9. The van der Waals surface area contributed by atoms with Crippen molar-refractivity contribution >= 4 is 35.0 Å². The molecular formula is C29H29N9O5. The van der Waals surface area contributed by atoms with Crippen LogP contribution in [-0.2, 0) is 22.8 Å². The number of aliphatic hydroxyl groups excluding tert-OH is 1. The summed E-state index contributed by atoms with van der Waals surface area (Å²) >= 11 is 0. The fourth-order valence-corrected chi connectivity index (χ4v) is 5.33. The van der Waals surface area contributed by atoms with Gasteiger partial charge in [-0.3, -0.25) is 19.4 Å². The normalized spacial score (nSPS) is 19.8. The van der Waals surface area contributed by atoms with Crippen LogP contribution < -0.4 is 15.0 Å². The van der Waals surface area contributed by atoms with Gasteiger partial charge in [-0.2, -0.15) is 0 Å². The molecule has 2 saturated carbocycles. The Labute approximate surface area is 245 Å². The summed E-state index contributed by atoms with van der Waals surface area (Å²) in [6, 6.07) is 4.88. The molecule has 1 aliphatic heterocycles. The smallest absolute Gasteiger partial charge is 0.331 e. The number of hydrogen-bond donors (Lipinski definition) is 2. The van der Waals surface area contributed by atoms with E-state index in [1.807, 2.05) is 35.9 Å². The third-order valence-corrected chi connectivity index (χ3v) is 8.01. The number of likely N-dealkylation sites (N-methyl/N-ethyl adjacent to an activating group) is 1. The van der Waals surface area contributed by atoms with E-state index in [2.05, 4.69) is 25.5 Å². The Bertz CT molecular complexity index is 1790. The second kappa shape index (κ2) is 10.4. The molecule has 3 aliphatic rings. The van der Waals surface area contributed by atoms with Crippen molar-refractivity contribution in [3.63, 3.8) is 0 Å². The van der Waals surface area contributed by atoms with Crippen molar-refractivity contribution in [1.29, 1.82) is 0 Å². The van der Waals surface area contributed by atoms with Crippen molar-refractivity contribution in [3.05, 3.63) is 65.3 Å². The Kier molecular flexibility index (Phi) is 6.49. The van der Waals surface area contributed by atoms with E-state index in [4.69, 9.17) is 9.72 Å². The van der Waals surface area contributed by atoms with Gasteiger partial charge in [0.05, 0.1) is 18.0 Å². The van der Waals surface area contributed by atoms with Crippen LogP contribution in [0.2, 0.25) is 0 Å². The number of hydrogen-bond acceptors (Lipinski definition) is 10. The van der Waals surface area contributed by atoms with Gasteiger partial charge in [-0.05, 0) is 49.8 Å². The molecule has 7 rings (SSSR count). The Hall–Kier alpha value is -4.98. The number of nitrogens with one attached hydrogen (secondary N) is 1. The highest BCUT2D eigenvalue weighted by atomic mass is 16.5. The molecule has 220 valence electrons. The fraction of sp³-hybridized carbons (Fsp3) is 0.379. The molecular weight excluding hydrogens is 554 g/mol. The third-order valence-electron chi connectivity index (χ3n) is 8.01.